The van der Waals surface area contributed by atoms with Crippen LogP contribution in [0.3, 0.4) is 0 Å². The van der Waals surface area contributed by atoms with Crippen molar-refractivity contribution < 1.29 is 4.52 Å². The van der Waals surface area contributed by atoms with Gasteiger partial charge in [-0.3, -0.25) is 4.90 Å². The topological polar surface area (TPSA) is 71.2 Å². The van der Waals surface area contributed by atoms with Gasteiger partial charge in [-0.2, -0.15) is 4.98 Å². The molecule has 2 aromatic heterocycles. The number of piperidine rings is 1. The van der Waals surface area contributed by atoms with E-state index in [4.69, 9.17) is 4.52 Å². The maximum absolute atomic E-state index is 5.35. The molecule has 0 amide bonds. The van der Waals surface area contributed by atoms with Crippen molar-refractivity contribution in [3.63, 3.8) is 0 Å². The number of likely N-dealkylation sites (tertiary alicyclic amines) is 1. The van der Waals surface area contributed by atoms with Gasteiger partial charge in [0, 0.05) is 44.5 Å². The van der Waals surface area contributed by atoms with Crippen LogP contribution in [0.25, 0.3) is 0 Å². The van der Waals surface area contributed by atoms with Gasteiger partial charge >= 0.3 is 0 Å². The number of hydrogen-bond donors (Lipinski definition) is 0. The van der Waals surface area contributed by atoms with Gasteiger partial charge < -0.3 is 9.42 Å². The van der Waals surface area contributed by atoms with Gasteiger partial charge in [-0.1, -0.05) is 19.0 Å². The van der Waals surface area contributed by atoms with Crippen LogP contribution < -0.4 is 4.90 Å². The van der Waals surface area contributed by atoms with Crippen molar-refractivity contribution >= 4 is 5.95 Å². The maximum Gasteiger partial charge on any atom is 0.240 e. The summed E-state index contributed by atoms with van der Waals surface area (Å²) in [6.07, 6.45) is 5.91. The van der Waals surface area contributed by atoms with E-state index in [0.29, 0.717) is 17.9 Å². The Balaban J connectivity index is 1.52. The number of aryl methyl sites for hydroxylation is 1. The van der Waals surface area contributed by atoms with Gasteiger partial charge in [-0.05, 0) is 25.3 Å². The Labute approximate surface area is 143 Å². The Morgan fingerprint density at radius 1 is 1.25 bits per heavy atom. The lowest BCUT2D eigenvalue weighted by atomic mass is 10.0. The summed E-state index contributed by atoms with van der Waals surface area (Å²) in [7, 11) is 2.08. The predicted molar refractivity (Wildman–Crippen MR) is 91.9 cm³/mol. The molecule has 1 saturated heterocycles. The smallest absolute Gasteiger partial charge is 0.240 e. The minimum atomic E-state index is 0.302. The van der Waals surface area contributed by atoms with E-state index in [-0.39, 0.29) is 0 Å². The highest BCUT2D eigenvalue weighted by Gasteiger charge is 2.25. The molecule has 0 spiro atoms. The second-order valence-electron chi connectivity index (χ2n) is 6.88. The number of rotatable bonds is 5. The quantitative estimate of drug-likeness (QED) is 0.833. The summed E-state index contributed by atoms with van der Waals surface area (Å²) in [6.45, 7) is 8.91. The molecule has 0 unspecified atom stereocenters. The van der Waals surface area contributed by atoms with Crippen LogP contribution in [-0.4, -0.2) is 51.2 Å². The number of nitrogens with zero attached hydrogens (tertiary/aromatic N) is 6. The molecule has 7 heteroatoms. The molecule has 0 aromatic carbocycles. The molecular weight excluding hydrogens is 304 g/mol. The lowest BCUT2D eigenvalue weighted by molar-refractivity contribution is 0.179. The lowest BCUT2D eigenvalue weighted by Crippen LogP contribution is -2.43. The second-order valence-corrected chi connectivity index (χ2v) is 6.88. The van der Waals surface area contributed by atoms with Crippen LogP contribution in [0, 0.1) is 6.92 Å². The Morgan fingerprint density at radius 2 is 1.92 bits per heavy atom. The summed E-state index contributed by atoms with van der Waals surface area (Å²) < 4.78 is 5.35. The van der Waals surface area contributed by atoms with E-state index in [2.05, 4.69) is 50.8 Å². The number of hydrogen-bond acceptors (Lipinski definition) is 7. The molecule has 1 aliphatic heterocycles. The van der Waals surface area contributed by atoms with Gasteiger partial charge in [-0.25, -0.2) is 9.97 Å². The maximum atomic E-state index is 5.35. The van der Waals surface area contributed by atoms with E-state index in [1.54, 1.807) is 0 Å². The zero-order chi connectivity index (χ0) is 17.1. The fourth-order valence-electron chi connectivity index (χ4n) is 2.95. The third-order valence-corrected chi connectivity index (χ3v) is 4.55. The minimum Gasteiger partial charge on any atom is -0.341 e. The van der Waals surface area contributed by atoms with Gasteiger partial charge in [0.25, 0.3) is 0 Å². The van der Waals surface area contributed by atoms with Crippen LogP contribution in [0.15, 0.2) is 16.9 Å². The second kappa shape index (κ2) is 7.25. The van der Waals surface area contributed by atoms with E-state index in [0.717, 1.165) is 49.8 Å². The Bertz CT molecular complexity index is 645. The molecular formula is C17H26N6O. The molecule has 3 rings (SSSR count). The molecule has 0 saturated carbocycles. The van der Waals surface area contributed by atoms with Crippen molar-refractivity contribution in [2.24, 2.45) is 0 Å². The summed E-state index contributed by atoms with van der Waals surface area (Å²) in [4.78, 5) is 17.9. The van der Waals surface area contributed by atoms with E-state index in [1.807, 2.05) is 19.3 Å². The Kier molecular flexibility index (Phi) is 5.08. The molecule has 7 nitrogen and oxygen atoms in total. The van der Waals surface area contributed by atoms with Crippen LogP contribution in [0.1, 0.15) is 49.9 Å². The van der Waals surface area contributed by atoms with Gasteiger partial charge in [-0.15, -0.1) is 0 Å². The van der Waals surface area contributed by atoms with E-state index in [1.165, 1.54) is 0 Å². The molecule has 130 valence electrons. The molecule has 1 aliphatic rings. The molecule has 0 aliphatic carbocycles. The third kappa shape index (κ3) is 3.90. The van der Waals surface area contributed by atoms with Gasteiger partial charge in [0.15, 0.2) is 5.82 Å². The van der Waals surface area contributed by atoms with Crippen LogP contribution in [0.5, 0.6) is 0 Å². The van der Waals surface area contributed by atoms with E-state index in [9.17, 15) is 0 Å². The standard InChI is InChI=1S/C17H26N6O/c1-12(2)16-20-15(24-21-16)11-23-7-5-14(6-8-23)22(4)17-18-9-13(3)10-19-17/h9-10,12,14H,5-8,11H2,1-4H3. The molecule has 1 fully saturated rings. The number of anilines is 1. The Hall–Kier alpha value is -2.02. The van der Waals surface area contributed by atoms with Crippen molar-refractivity contribution in [3.05, 3.63) is 29.7 Å². The fourth-order valence-corrected chi connectivity index (χ4v) is 2.95. The van der Waals surface area contributed by atoms with Crippen LogP contribution in [0.4, 0.5) is 5.95 Å². The molecule has 0 bridgehead atoms. The zero-order valence-electron chi connectivity index (χ0n) is 14.9. The van der Waals surface area contributed by atoms with Crippen molar-refractivity contribution in [1.82, 2.24) is 25.0 Å². The fraction of sp³-hybridized carbons (Fsp3) is 0.647. The summed E-state index contributed by atoms with van der Waals surface area (Å²) >= 11 is 0. The number of aromatic nitrogens is 4. The summed E-state index contributed by atoms with van der Waals surface area (Å²) in [5.41, 5.74) is 1.09. The molecule has 2 aromatic rings. The van der Waals surface area contributed by atoms with Crippen molar-refractivity contribution in [2.75, 3.05) is 25.0 Å². The highest BCUT2D eigenvalue weighted by molar-refractivity contribution is 5.30. The van der Waals surface area contributed by atoms with Gasteiger partial charge in [0.2, 0.25) is 11.8 Å². The molecule has 0 radical (unpaired) electrons. The average molecular weight is 330 g/mol. The zero-order valence-corrected chi connectivity index (χ0v) is 14.9. The van der Waals surface area contributed by atoms with Crippen LogP contribution in [0.2, 0.25) is 0 Å². The van der Waals surface area contributed by atoms with Gasteiger partial charge in [0.05, 0.1) is 6.54 Å². The first-order valence-corrected chi connectivity index (χ1v) is 8.59. The summed E-state index contributed by atoms with van der Waals surface area (Å²) in [6, 6.07) is 0.470. The first-order chi connectivity index (χ1) is 11.5. The monoisotopic (exact) mass is 330 g/mol. The van der Waals surface area contributed by atoms with Gasteiger partial charge in [0.1, 0.15) is 0 Å². The molecule has 24 heavy (non-hydrogen) atoms. The predicted octanol–water partition coefficient (Wildman–Crippen LogP) is 2.39. The molecule has 0 atom stereocenters. The third-order valence-electron chi connectivity index (χ3n) is 4.55. The highest BCUT2D eigenvalue weighted by Crippen LogP contribution is 2.20. The SMILES string of the molecule is Cc1cnc(N(C)C2CCN(Cc3nc(C(C)C)no3)CC2)nc1. The average Bonchev–Trinajstić information content (AvgIpc) is 3.04. The summed E-state index contributed by atoms with van der Waals surface area (Å²) in [5, 5.41) is 4.03. The largest absolute Gasteiger partial charge is 0.341 e. The Morgan fingerprint density at radius 3 is 2.50 bits per heavy atom. The normalized spacial score (nSPS) is 16.7. The summed E-state index contributed by atoms with van der Waals surface area (Å²) in [5.74, 6) is 2.61. The van der Waals surface area contributed by atoms with Crippen LogP contribution in [-0.2, 0) is 6.54 Å². The van der Waals surface area contributed by atoms with E-state index >= 15 is 0 Å². The lowest BCUT2D eigenvalue weighted by Gasteiger charge is -2.36. The highest BCUT2D eigenvalue weighted by atomic mass is 16.5. The molecule has 3 heterocycles. The van der Waals surface area contributed by atoms with Crippen molar-refractivity contribution in [2.45, 2.75) is 52.1 Å². The van der Waals surface area contributed by atoms with E-state index < -0.39 is 0 Å². The van der Waals surface area contributed by atoms with Crippen molar-refractivity contribution in [1.29, 1.82) is 0 Å². The van der Waals surface area contributed by atoms with Crippen LogP contribution >= 0.6 is 0 Å². The first-order valence-electron chi connectivity index (χ1n) is 8.59. The first kappa shape index (κ1) is 16.8. The minimum absolute atomic E-state index is 0.302. The molecule has 0 N–H and O–H groups in total. The van der Waals surface area contributed by atoms with Crippen molar-refractivity contribution in [3.8, 4) is 0 Å².